The van der Waals surface area contributed by atoms with Crippen molar-refractivity contribution in [1.29, 1.82) is 0 Å². The van der Waals surface area contributed by atoms with E-state index < -0.39 is 15.6 Å². The lowest BCUT2D eigenvalue weighted by atomic mass is 9.93. The normalized spacial score (nSPS) is 14.0. The van der Waals surface area contributed by atoms with Gasteiger partial charge in [-0.1, -0.05) is 20.8 Å². The highest BCUT2D eigenvalue weighted by Crippen LogP contribution is 2.29. The summed E-state index contributed by atoms with van der Waals surface area (Å²) in [5, 5.41) is 6.12. The molecular weight excluding hydrogens is 354 g/mol. The van der Waals surface area contributed by atoms with E-state index in [9.17, 15) is 17.2 Å². The van der Waals surface area contributed by atoms with Crippen molar-refractivity contribution in [2.45, 2.75) is 49.8 Å². The molecule has 132 valence electrons. The van der Waals surface area contributed by atoms with E-state index in [1.54, 1.807) is 11.3 Å². The van der Waals surface area contributed by atoms with Crippen molar-refractivity contribution < 1.29 is 17.2 Å². The van der Waals surface area contributed by atoms with Crippen molar-refractivity contribution in [2.75, 3.05) is 5.32 Å². The SMILES string of the molecule is CC(Nc1ccc(S(=O)(=O)C(F)F)cc1)c1nc(C(C)(C)C)cs1. The fourth-order valence-corrected chi connectivity index (χ4v) is 3.76. The van der Waals surface area contributed by atoms with E-state index in [1.807, 2.05) is 12.3 Å². The Labute approximate surface area is 144 Å². The molecule has 0 bridgehead atoms. The number of sulfone groups is 1. The number of anilines is 1. The van der Waals surface area contributed by atoms with E-state index in [4.69, 9.17) is 0 Å². The molecule has 0 aliphatic rings. The second-order valence-electron chi connectivity index (χ2n) is 6.52. The van der Waals surface area contributed by atoms with Gasteiger partial charge in [-0.25, -0.2) is 13.4 Å². The van der Waals surface area contributed by atoms with Crippen LogP contribution in [0.4, 0.5) is 14.5 Å². The highest BCUT2D eigenvalue weighted by Gasteiger charge is 2.26. The van der Waals surface area contributed by atoms with Gasteiger partial charge < -0.3 is 5.32 Å². The van der Waals surface area contributed by atoms with Crippen molar-refractivity contribution >= 4 is 26.9 Å². The van der Waals surface area contributed by atoms with Gasteiger partial charge in [0.05, 0.1) is 16.6 Å². The van der Waals surface area contributed by atoms with Crippen LogP contribution in [0.3, 0.4) is 0 Å². The number of hydrogen-bond acceptors (Lipinski definition) is 5. The number of rotatable bonds is 5. The van der Waals surface area contributed by atoms with Gasteiger partial charge in [-0.15, -0.1) is 11.3 Å². The average molecular weight is 374 g/mol. The molecule has 0 aliphatic heterocycles. The molecule has 2 aromatic rings. The molecular formula is C16H20F2N2O2S2. The zero-order chi connectivity index (χ0) is 18.1. The van der Waals surface area contributed by atoms with Crippen molar-refractivity contribution in [2.24, 2.45) is 0 Å². The molecule has 0 saturated heterocycles. The van der Waals surface area contributed by atoms with Crippen molar-refractivity contribution in [3.05, 3.63) is 40.3 Å². The lowest BCUT2D eigenvalue weighted by Gasteiger charge is -2.16. The number of aromatic nitrogens is 1. The Morgan fingerprint density at radius 3 is 2.21 bits per heavy atom. The first kappa shape index (κ1) is 18.8. The number of nitrogens with one attached hydrogen (secondary N) is 1. The van der Waals surface area contributed by atoms with Gasteiger partial charge in [-0.05, 0) is 31.2 Å². The Hall–Kier alpha value is -1.54. The Morgan fingerprint density at radius 1 is 1.17 bits per heavy atom. The molecule has 1 N–H and O–H groups in total. The first-order valence-electron chi connectivity index (χ1n) is 7.36. The minimum absolute atomic E-state index is 0.0280. The fraction of sp³-hybridized carbons (Fsp3) is 0.438. The number of hydrogen-bond donors (Lipinski definition) is 1. The lowest BCUT2D eigenvalue weighted by Crippen LogP contribution is -2.13. The van der Waals surface area contributed by atoms with Gasteiger partial charge in [0.2, 0.25) is 9.84 Å². The topological polar surface area (TPSA) is 59.1 Å². The van der Waals surface area contributed by atoms with Gasteiger partial charge >= 0.3 is 5.76 Å². The van der Waals surface area contributed by atoms with Crippen LogP contribution in [0.15, 0.2) is 34.5 Å². The first-order valence-corrected chi connectivity index (χ1v) is 9.79. The van der Waals surface area contributed by atoms with Crippen molar-refractivity contribution in [1.82, 2.24) is 4.98 Å². The summed E-state index contributed by atoms with van der Waals surface area (Å²) in [6.07, 6.45) is 0. The molecule has 1 aromatic heterocycles. The summed E-state index contributed by atoms with van der Waals surface area (Å²) in [5.74, 6) is -3.42. The van der Waals surface area contributed by atoms with Gasteiger partial charge in [0, 0.05) is 16.5 Å². The third kappa shape index (κ3) is 4.10. The third-order valence-electron chi connectivity index (χ3n) is 3.46. The first-order chi connectivity index (χ1) is 11.0. The summed E-state index contributed by atoms with van der Waals surface area (Å²) in [6.45, 7) is 8.21. The van der Waals surface area contributed by atoms with E-state index in [0.717, 1.165) is 10.7 Å². The Balaban J connectivity index is 2.13. The molecule has 0 fully saturated rings. The molecule has 4 nitrogen and oxygen atoms in total. The molecule has 0 saturated carbocycles. The molecule has 1 aromatic carbocycles. The quantitative estimate of drug-likeness (QED) is 0.830. The fourth-order valence-electron chi connectivity index (χ4n) is 1.99. The summed E-state index contributed by atoms with van der Waals surface area (Å²) in [5.41, 5.74) is 1.62. The average Bonchev–Trinajstić information content (AvgIpc) is 2.97. The summed E-state index contributed by atoms with van der Waals surface area (Å²) >= 11 is 1.55. The van der Waals surface area contributed by atoms with Gasteiger partial charge in [0.15, 0.2) is 0 Å². The smallest absolute Gasteiger partial charge is 0.341 e. The Bertz CT molecular complexity index is 794. The van der Waals surface area contributed by atoms with E-state index in [0.29, 0.717) is 5.69 Å². The minimum Gasteiger partial charge on any atom is -0.376 e. The predicted octanol–water partition coefficient (Wildman–Crippen LogP) is 4.61. The van der Waals surface area contributed by atoms with Crippen LogP contribution < -0.4 is 5.32 Å². The molecule has 0 radical (unpaired) electrons. The molecule has 0 amide bonds. The molecule has 0 spiro atoms. The second kappa shape index (κ2) is 6.76. The van der Waals surface area contributed by atoms with Crippen LogP contribution in [-0.4, -0.2) is 19.2 Å². The molecule has 2 rings (SSSR count). The zero-order valence-corrected chi connectivity index (χ0v) is 15.5. The minimum atomic E-state index is -4.56. The number of benzene rings is 1. The van der Waals surface area contributed by atoms with Crippen molar-refractivity contribution in [3.63, 3.8) is 0 Å². The number of halogens is 2. The van der Waals surface area contributed by atoms with Crippen molar-refractivity contribution in [3.8, 4) is 0 Å². The van der Waals surface area contributed by atoms with E-state index in [1.165, 1.54) is 24.3 Å². The van der Waals surface area contributed by atoms with Crippen LogP contribution in [-0.2, 0) is 15.3 Å². The molecule has 1 heterocycles. The molecule has 8 heteroatoms. The summed E-state index contributed by atoms with van der Waals surface area (Å²) in [6, 6.07) is 5.23. The van der Waals surface area contributed by atoms with E-state index in [-0.39, 0.29) is 16.4 Å². The molecule has 1 unspecified atom stereocenters. The van der Waals surface area contributed by atoms with E-state index >= 15 is 0 Å². The summed E-state index contributed by atoms with van der Waals surface area (Å²) in [7, 11) is -4.56. The summed E-state index contributed by atoms with van der Waals surface area (Å²) < 4.78 is 47.8. The highest BCUT2D eigenvalue weighted by atomic mass is 32.2. The van der Waals surface area contributed by atoms with Crippen LogP contribution in [0.5, 0.6) is 0 Å². The Morgan fingerprint density at radius 2 is 1.75 bits per heavy atom. The van der Waals surface area contributed by atoms with E-state index in [2.05, 4.69) is 31.1 Å². The van der Waals surface area contributed by atoms with Crippen LogP contribution in [0, 0.1) is 0 Å². The molecule has 0 aliphatic carbocycles. The monoisotopic (exact) mass is 374 g/mol. The van der Waals surface area contributed by atoms with Crippen LogP contribution in [0.25, 0.3) is 0 Å². The number of alkyl halides is 2. The maximum Gasteiger partial charge on any atom is 0.341 e. The maximum atomic E-state index is 12.5. The second-order valence-corrected chi connectivity index (χ2v) is 9.32. The largest absolute Gasteiger partial charge is 0.376 e. The van der Waals surface area contributed by atoms with Gasteiger partial charge in [0.1, 0.15) is 5.01 Å². The van der Waals surface area contributed by atoms with Crippen LogP contribution >= 0.6 is 11.3 Å². The number of thiazole rings is 1. The zero-order valence-electron chi connectivity index (χ0n) is 13.9. The lowest BCUT2D eigenvalue weighted by molar-refractivity contribution is 0.234. The van der Waals surface area contributed by atoms with Gasteiger partial charge in [-0.2, -0.15) is 8.78 Å². The number of nitrogens with zero attached hydrogens (tertiary/aromatic N) is 1. The maximum absolute atomic E-state index is 12.5. The van der Waals surface area contributed by atoms with Crippen LogP contribution in [0.2, 0.25) is 0 Å². The summed E-state index contributed by atoms with van der Waals surface area (Å²) in [4.78, 5) is 4.23. The molecule has 1 atom stereocenters. The van der Waals surface area contributed by atoms with Gasteiger partial charge in [-0.3, -0.25) is 0 Å². The Kier molecular flexibility index (Phi) is 5.29. The van der Waals surface area contributed by atoms with Gasteiger partial charge in [0.25, 0.3) is 0 Å². The third-order valence-corrected chi connectivity index (χ3v) is 5.89. The molecule has 24 heavy (non-hydrogen) atoms. The highest BCUT2D eigenvalue weighted by molar-refractivity contribution is 7.91. The standard InChI is InChI=1S/C16H20F2N2O2S2/c1-10(14-20-13(9-23-14)16(2,3)4)19-11-5-7-12(8-6-11)24(21,22)15(17)18/h5-10,15,19H,1-4H3. The predicted molar refractivity (Wildman–Crippen MR) is 92.5 cm³/mol. The van der Waals surface area contributed by atoms with Crippen LogP contribution in [0.1, 0.15) is 44.4 Å².